The van der Waals surface area contributed by atoms with Gasteiger partial charge in [0, 0.05) is 31.7 Å². The molecule has 2 saturated heterocycles. The van der Waals surface area contributed by atoms with E-state index >= 15 is 0 Å². The molecule has 1 aromatic carbocycles. The number of carbonyl (C=O) groups is 2. The zero-order valence-electron chi connectivity index (χ0n) is 16.9. The lowest BCUT2D eigenvalue weighted by Gasteiger charge is -2.35. The van der Waals surface area contributed by atoms with Gasteiger partial charge >= 0.3 is 5.97 Å². The summed E-state index contributed by atoms with van der Waals surface area (Å²) in [4.78, 5) is 39.5. The molecule has 29 heavy (non-hydrogen) atoms. The third-order valence-electron chi connectivity index (χ3n) is 6.00. The van der Waals surface area contributed by atoms with Gasteiger partial charge in [-0.05, 0) is 44.6 Å². The molecular weight excluding hydrogens is 374 g/mol. The molecule has 2 heterocycles. The molecule has 3 rings (SSSR count). The summed E-state index contributed by atoms with van der Waals surface area (Å²) in [6.45, 7) is 3.71. The van der Waals surface area contributed by atoms with Crippen LogP contribution in [0.15, 0.2) is 24.3 Å². The second kappa shape index (κ2) is 9.71. The molecule has 8 nitrogen and oxygen atoms in total. The number of esters is 1. The van der Waals surface area contributed by atoms with E-state index in [1.54, 1.807) is 18.2 Å². The van der Waals surface area contributed by atoms with E-state index in [-0.39, 0.29) is 41.1 Å². The molecule has 2 fully saturated rings. The largest absolute Gasteiger partial charge is 0.455 e. The van der Waals surface area contributed by atoms with Crippen molar-refractivity contribution in [2.75, 3.05) is 31.1 Å². The van der Waals surface area contributed by atoms with Crippen LogP contribution in [0.3, 0.4) is 0 Å². The average Bonchev–Trinajstić information content (AvgIpc) is 2.77. The number of carbonyl (C=O) groups excluding carboxylic acids is 2. The second-order valence-electron chi connectivity index (χ2n) is 7.76. The van der Waals surface area contributed by atoms with Crippen molar-refractivity contribution in [2.24, 2.45) is 5.92 Å². The number of ether oxygens (including phenoxy) is 1. The molecule has 0 spiro atoms. The van der Waals surface area contributed by atoms with Crippen molar-refractivity contribution in [1.29, 1.82) is 0 Å². The van der Waals surface area contributed by atoms with E-state index in [2.05, 4.69) is 6.92 Å². The topological polar surface area (TPSA) is 93.0 Å². The fourth-order valence-electron chi connectivity index (χ4n) is 4.33. The number of nitro groups is 1. The second-order valence-corrected chi connectivity index (χ2v) is 7.76. The SMILES string of the molecule is CC[C@H]1CCCCN1C(=O)COC(=O)C1CCN(c2ccccc2[N+](=O)[O-])CC1. The van der Waals surface area contributed by atoms with Crippen LogP contribution in [0.1, 0.15) is 45.4 Å². The van der Waals surface area contributed by atoms with E-state index in [4.69, 9.17) is 4.74 Å². The standard InChI is InChI=1S/C21H29N3O5/c1-2-17-7-5-6-12-23(17)20(25)15-29-21(26)16-10-13-22(14-11-16)18-8-3-4-9-19(18)24(27)28/h3-4,8-9,16-17H,2,5-7,10-15H2,1H3/t17-/m0/s1. The van der Waals surface area contributed by atoms with Gasteiger partial charge in [0.15, 0.2) is 6.61 Å². The first-order valence-electron chi connectivity index (χ1n) is 10.5. The Labute approximate surface area is 171 Å². The molecule has 2 aliphatic heterocycles. The number of amides is 1. The molecule has 0 radical (unpaired) electrons. The van der Waals surface area contributed by atoms with E-state index < -0.39 is 0 Å². The number of piperidine rings is 2. The van der Waals surface area contributed by atoms with Crippen LogP contribution in [0, 0.1) is 16.0 Å². The van der Waals surface area contributed by atoms with Crippen LogP contribution < -0.4 is 4.90 Å². The lowest BCUT2D eigenvalue weighted by Crippen LogP contribution is -2.45. The molecule has 0 saturated carbocycles. The Hall–Kier alpha value is -2.64. The minimum Gasteiger partial charge on any atom is -0.455 e. The molecule has 0 bridgehead atoms. The monoisotopic (exact) mass is 403 g/mol. The maximum absolute atomic E-state index is 12.5. The molecule has 8 heteroatoms. The van der Waals surface area contributed by atoms with Gasteiger partial charge in [0.25, 0.3) is 11.6 Å². The molecule has 0 aliphatic carbocycles. The lowest BCUT2D eigenvalue weighted by atomic mass is 9.96. The van der Waals surface area contributed by atoms with Crippen LogP contribution in [0.25, 0.3) is 0 Å². The zero-order valence-corrected chi connectivity index (χ0v) is 16.9. The van der Waals surface area contributed by atoms with E-state index in [1.165, 1.54) is 6.07 Å². The van der Waals surface area contributed by atoms with Gasteiger partial charge < -0.3 is 14.5 Å². The smallest absolute Gasteiger partial charge is 0.309 e. The van der Waals surface area contributed by atoms with Crippen LogP contribution in [-0.2, 0) is 14.3 Å². The normalized spacial score (nSPS) is 20.4. The number of nitrogens with zero attached hydrogens (tertiary/aromatic N) is 3. The van der Waals surface area contributed by atoms with E-state index in [1.807, 2.05) is 9.80 Å². The predicted molar refractivity (Wildman–Crippen MR) is 109 cm³/mol. The first-order chi connectivity index (χ1) is 14.0. The summed E-state index contributed by atoms with van der Waals surface area (Å²) >= 11 is 0. The van der Waals surface area contributed by atoms with Crippen molar-refractivity contribution in [2.45, 2.75) is 51.5 Å². The molecule has 0 N–H and O–H groups in total. The molecule has 0 aromatic heterocycles. The summed E-state index contributed by atoms with van der Waals surface area (Å²) in [5.74, 6) is -0.724. The Bertz CT molecular complexity index is 746. The Balaban J connectivity index is 1.49. The van der Waals surface area contributed by atoms with Gasteiger partial charge in [-0.1, -0.05) is 19.1 Å². The number of anilines is 1. The van der Waals surface area contributed by atoms with Crippen molar-refractivity contribution < 1.29 is 19.2 Å². The molecule has 1 amide bonds. The van der Waals surface area contributed by atoms with Crippen molar-refractivity contribution in [3.05, 3.63) is 34.4 Å². The van der Waals surface area contributed by atoms with Gasteiger partial charge in [0.05, 0.1) is 10.8 Å². The Kier molecular flexibility index (Phi) is 7.06. The Morgan fingerprint density at radius 2 is 1.86 bits per heavy atom. The average molecular weight is 403 g/mol. The van der Waals surface area contributed by atoms with Gasteiger partial charge in [-0.2, -0.15) is 0 Å². The third kappa shape index (κ3) is 5.05. The predicted octanol–water partition coefficient (Wildman–Crippen LogP) is 3.15. The number of para-hydroxylation sites is 2. The number of rotatable bonds is 6. The molecule has 1 aromatic rings. The van der Waals surface area contributed by atoms with Crippen LogP contribution >= 0.6 is 0 Å². The lowest BCUT2D eigenvalue weighted by molar-refractivity contribution is -0.384. The summed E-state index contributed by atoms with van der Waals surface area (Å²) in [5.41, 5.74) is 0.654. The van der Waals surface area contributed by atoms with Crippen LogP contribution in [0.2, 0.25) is 0 Å². The maximum Gasteiger partial charge on any atom is 0.309 e. The van der Waals surface area contributed by atoms with Gasteiger partial charge in [0.1, 0.15) is 5.69 Å². The van der Waals surface area contributed by atoms with Crippen molar-refractivity contribution >= 4 is 23.3 Å². The van der Waals surface area contributed by atoms with Crippen molar-refractivity contribution in [3.8, 4) is 0 Å². The minimum absolute atomic E-state index is 0.0751. The molecule has 1 atom stereocenters. The Morgan fingerprint density at radius 3 is 2.55 bits per heavy atom. The summed E-state index contributed by atoms with van der Waals surface area (Å²) in [6, 6.07) is 6.90. The van der Waals surface area contributed by atoms with Gasteiger partial charge in [-0.15, -0.1) is 0 Å². The fraction of sp³-hybridized carbons (Fsp3) is 0.619. The number of hydrogen-bond donors (Lipinski definition) is 0. The van der Waals surface area contributed by atoms with Crippen molar-refractivity contribution in [1.82, 2.24) is 4.90 Å². The van der Waals surface area contributed by atoms with Crippen LogP contribution in [-0.4, -0.2) is 54.0 Å². The van der Waals surface area contributed by atoms with E-state index in [0.29, 0.717) is 31.6 Å². The summed E-state index contributed by atoms with van der Waals surface area (Å²) in [5, 5.41) is 11.2. The summed E-state index contributed by atoms with van der Waals surface area (Å²) < 4.78 is 5.34. The number of benzene rings is 1. The highest BCUT2D eigenvalue weighted by Crippen LogP contribution is 2.31. The van der Waals surface area contributed by atoms with Gasteiger partial charge in [-0.25, -0.2) is 0 Å². The first-order valence-corrected chi connectivity index (χ1v) is 10.5. The molecular formula is C21H29N3O5. The first kappa shape index (κ1) is 21.1. The highest BCUT2D eigenvalue weighted by atomic mass is 16.6. The zero-order chi connectivity index (χ0) is 20.8. The molecule has 158 valence electrons. The van der Waals surface area contributed by atoms with Gasteiger partial charge in [0.2, 0.25) is 0 Å². The van der Waals surface area contributed by atoms with Crippen LogP contribution in [0.5, 0.6) is 0 Å². The number of hydrogen-bond acceptors (Lipinski definition) is 6. The van der Waals surface area contributed by atoms with Crippen molar-refractivity contribution in [3.63, 3.8) is 0 Å². The summed E-state index contributed by atoms with van der Waals surface area (Å²) in [7, 11) is 0. The highest BCUT2D eigenvalue weighted by Gasteiger charge is 2.31. The number of nitro benzene ring substituents is 1. The molecule has 2 aliphatic rings. The molecule has 0 unspecified atom stereocenters. The third-order valence-corrected chi connectivity index (χ3v) is 6.00. The minimum atomic E-state index is -0.383. The van der Waals surface area contributed by atoms with E-state index in [9.17, 15) is 19.7 Å². The number of likely N-dealkylation sites (tertiary alicyclic amines) is 1. The summed E-state index contributed by atoms with van der Waals surface area (Å²) in [6.07, 6.45) is 5.19. The maximum atomic E-state index is 12.5. The Morgan fingerprint density at radius 1 is 1.14 bits per heavy atom. The van der Waals surface area contributed by atoms with Gasteiger partial charge in [-0.3, -0.25) is 19.7 Å². The quantitative estimate of drug-likeness (QED) is 0.412. The van der Waals surface area contributed by atoms with Crippen LogP contribution in [0.4, 0.5) is 11.4 Å². The fourth-order valence-corrected chi connectivity index (χ4v) is 4.33. The highest BCUT2D eigenvalue weighted by molar-refractivity contribution is 5.81. The van der Waals surface area contributed by atoms with E-state index in [0.717, 1.165) is 32.2 Å².